The zero-order valence-corrected chi connectivity index (χ0v) is 13.9. The van der Waals surface area contributed by atoms with Crippen LogP contribution in [-0.2, 0) is 13.0 Å². The zero-order valence-electron chi connectivity index (χ0n) is 13.9. The number of hydrogen-bond donors (Lipinski definition) is 2. The predicted molar refractivity (Wildman–Crippen MR) is 97.8 cm³/mol. The summed E-state index contributed by atoms with van der Waals surface area (Å²) < 4.78 is 0. The quantitative estimate of drug-likeness (QED) is 0.771. The van der Waals surface area contributed by atoms with Crippen molar-refractivity contribution in [2.45, 2.75) is 25.5 Å². The smallest absolute Gasteiger partial charge is 0.0596 e. The van der Waals surface area contributed by atoms with Crippen molar-refractivity contribution in [1.29, 1.82) is 0 Å². The van der Waals surface area contributed by atoms with Gasteiger partial charge in [0.25, 0.3) is 0 Å². The molecule has 4 rings (SSSR count). The second-order valence-corrected chi connectivity index (χ2v) is 6.90. The van der Waals surface area contributed by atoms with Crippen LogP contribution in [0.25, 0.3) is 10.9 Å². The molecular weight excluding hydrogens is 296 g/mol. The first kappa shape index (κ1) is 15.4. The molecule has 3 heteroatoms. The van der Waals surface area contributed by atoms with Crippen LogP contribution >= 0.6 is 0 Å². The van der Waals surface area contributed by atoms with E-state index in [2.05, 4.69) is 70.7 Å². The second-order valence-electron chi connectivity index (χ2n) is 6.90. The number of hydrogen-bond acceptors (Lipinski definition) is 2. The van der Waals surface area contributed by atoms with Crippen LogP contribution in [0.2, 0.25) is 0 Å². The van der Waals surface area contributed by atoms with E-state index in [-0.39, 0.29) is 6.10 Å². The van der Waals surface area contributed by atoms with Crippen molar-refractivity contribution >= 4 is 10.9 Å². The number of aromatic amines is 1. The molecule has 1 aliphatic heterocycles. The Morgan fingerprint density at radius 2 is 1.83 bits per heavy atom. The Labute approximate surface area is 142 Å². The highest BCUT2D eigenvalue weighted by Gasteiger charge is 2.28. The van der Waals surface area contributed by atoms with Crippen molar-refractivity contribution in [2.24, 2.45) is 5.92 Å². The van der Waals surface area contributed by atoms with E-state index < -0.39 is 0 Å². The minimum Gasteiger partial charge on any atom is -0.393 e. The van der Waals surface area contributed by atoms with Gasteiger partial charge in [-0.25, -0.2) is 0 Å². The minimum absolute atomic E-state index is 0.203. The lowest BCUT2D eigenvalue weighted by Crippen LogP contribution is -2.43. The molecule has 124 valence electrons. The van der Waals surface area contributed by atoms with Gasteiger partial charge in [0.2, 0.25) is 0 Å². The number of H-pyrrole nitrogens is 1. The van der Waals surface area contributed by atoms with Gasteiger partial charge in [-0.3, -0.25) is 4.90 Å². The van der Waals surface area contributed by atoms with E-state index in [0.29, 0.717) is 5.92 Å². The molecule has 2 atom stereocenters. The Bertz CT molecular complexity index is 796. The van der Waals surface area contributed by atoms with Gasteiger partial charge in [0.1, 0.15) is 0 Å². The number of para-hydroxylation sites is 1. The molecule has 0 spiro atoms. The predicted octanol–water partition coefficient (Wildman–Crippen LogP) is 3.59. The Hall–Kier alpha value is -2.10. The maximum atomic E-state index is 10.5. The van der Waals surface area contributed by atoms with E-state index in [1.807, 2.05) is 0 Å². The van der Waals surface area contributed by atoms with Gasteiger partial charge in [-0.15, -0.1) is 0 Å². The average molecular weight is 320 g/mol. The van der Waals surface area contributed by atoms with Crippen molar-refractivity contribution in [3.05, 3.63) is 71.9 Å². The maximum absolute atomic E-state index is 10.5. The normalized spacial score (nSPS) is 22.0. The van der Waals surface area contributed by atoms with Crippen LogP contribution in [0.4, 0.5) is 0 Å². The van der Waals surface area contributed by atoms with E-state index in [1.54, 1.807) is 0 Å². The lowest BCUT2D eigenvalue weighted by Gasteiger charge is -2.36. The summed E-state index contributed by atoms with van der Waals surface area (Å²) in [7, 11) is 0. The second kappa shape index (κ2) is 6.80. The first-order valence-corrected chi connectivity index (χ1v) is 8.79. The topological polar surface area (TPSA) is 39.3 Å². The van der Waals surface area contributed by atoms with Crippen LogP contribution in [0, 0.1) is 5.92 Å². The van der Waals surface area contributed by atoms with Gasteiger partial charge in [-0.05, 0) is 30.0 Å². The first-order valence-electron chi connectivity index (χ1n) is 8.79. The highest BCUT2D eigenvalue weighted by molar-refractivity contribution is 5.83. The third-order valence-electron chi connectivity index (χ3n) is 5.18. The first-order chi connectivity index (χ1) is 11.8. The third kappa shape index (κ3) is 3.23. The largest absolute Gasteiger partial charge is 0.393 e. The molecule has 3 aromatic rings. The van der Waals surface area contributed by atoms with E-state index in [4.69, 9.17) is 0 Å². The van der Waals surface area contributed by atoms with Gasteiger partial charge in [0, 0.05) is 42.7 Å². The fourth-order valence-electron chi connectivity index (χ4n) is 3.86. The number of fused-ring (bicyclic) bond motifs is 1. The fraction of sp³-hybridized carbons (Fsp3) is 0.333. The number of benzene rings is 2. The standard InChI is InChI=1S/C21H24N2O/c24-21-10-11-23(14-16-6-2-1-3-7-16)15-18(21)12-17-13-22-20-9-5-4-8-19(17)20/h1-9,13,18,21-22,24H,10-12,14-15H2. The molecule has 3 nitrogen and oxygen atoms in total. The SMILES string of the molecule is OC1CCN(Cc2ccccc2)CC1Cc1c[nH]c2ccccc12. The average Bonchev–Trinajstić information content (AvgIpc) is 3.02. The van der Waals surface area contributed by atoms with Crippen LogP contribution in [0.5, 0.6) is 0 Å². The van der Waals surface area contributed by atoms with Gasteiger partial charge < -0.3 is 10.1 Å². The molecule has 0 bridgehead atoms. The summed E-state index contributed by atoms with van der Waals surface area (Å²) in [5.74, 6) is 0.293. The summed E-state index contributed by atoms with van der Waals surface area (Å²) in [4.78, 5) is 5.82. The molecule has 0 radical (unpaired) electrons. The highest BCUT2D eigenvalue weighted by atomic mass is 16.3. The third-order valence-corrected chi connectivity index (χ3v) is 5.18. The molecule has 2 N–H and O–H groups in total. The lowest BCUT2D eigenvalue weighted by atomic mass is 9.88. The van der Waals surface area contributed by atoms with Gasteiger partial charge in [-0.1, -0.05) is 48.5 Å². The summed E-state index contributed by atoms with van der Waals surface area (Å²) in [5.41, 5.74) is 3.84. The van der Waals surface area contributed by atoms with Crippen molar-refractivity contribution in [3.63, 3.8) is 0 Å². The molecule has 0 aliphatic carbocycles. The number of likely N-dealkylation sites (tertiary alicyclic amines) is 1. The minimum atomic E-state index is -0.203. The van der Waals surface area contributed by atoms with Crippen LogP contribution in [0.15, 0.2) is 60.8 Å². The van der Waals surface area contributed by atoms with Crippen molar-refractivity contribution < 1.29 is 5.11 Å². The number of aliphatic hydroxyl groups excluding tert-OH is 1. The summed E-state index contributed by atoms with van der Waals surface area (Å²) in [6.45, 7) is 2.90. The van der Waals surface area contributed by atoms with Gasteiger partial charge in [0.15, 0.2) is 0 Å². The molecule has 2 aromatic carbocycles. The van der Waals surface area contributed by atoms with Crippen LogP contribution < -0.4 is 0 Å². The summed E-state index contributed by atoms with van der Waals surface area (Å²) >= 11 is 0. The molecule has 2 unspecified atom stereocenters. The van der Waals surface area contributed by atoms with Gasteiger partial charge in [0.05, 0.1) is 6.10 Å². The van der Waals surface area contributed by atoms with Gasteiger partial charge >= 0.3 is 0 Å². The Kier molecular flexibility index (Phi) is 4.37. The van der Waals surface area contributed by atoms with E-state index >= 15 is 0 Å². The van der Waals surface area contributed by atoms with Crippen molar-refractivity contribution in [1.82, 2.24) is 9.88 Å². The van der Waals surface area contributed by atoms with E-state index in [9.17, 15) is 5.11 Å². The number of rotatable bonds is 4. The number of piperidine rings is 1. The molecule has 2 heterocycles. The van der Waals surface area contributed by atoms with Gasteiger partial charge in [-0.2, -0.15) is 0 Å². The van der Waals surface area contributed by atoms with E-state index in [0.717, 1.165) is 32.5 Å². The van der Waals surface area contributed by atoms with Crippen molar-refractivity contribution in [3.8, 4) is 0 Å². The zero-order chi connectivity index (χ0) is 16.4. The fourth-order valence-corrected chi connectivity index (χ4v) is 3.86. The summed E-state index contributed by atoms with van der Waals surface area (Å²) in [6.07, 6.45) is 3.69. The molecule has 24 heavy (non-hydrogen) atoms. The molecular formula is C21H24N2O. The molecule has 0 saturated carbocycles. The summed E-state index contributed by atoms with van der Waals surface area (Å²) in [6, 6.07) is 19.0. The number of nitrogens with zero attached hydrogens (tertiary/aromatic N) is 1. The molecule has 1 aromatic heterocycles. The monoisotopic (exact) mass is 320 g/mol. The number of nitrogens with one attached hydrogen (secondary N) is 1. The Balaban J connectivity index is 1.47. The van der Waals surface area contributed by atoms with Crippen molar-refractivity contribution in [2.75, 3.05) is 13.1 Å². The lowest BCUT2D eigenvalue weighted by molar-refractivity contribution is 0.0241. The van der Waals surface area contributed by atoms with E-state index in [1.165, 1.54) is 22.0 Å². The maximum Gasteiger partial charge on any atom is 0.0596 e. The highest BCUT2D eigenvalue weighted by Crippen LogP contribution is 2.26. The Morgan fingerprint density at radius 1 is 1.04 bits per heavy atom. The molecule has 1 fully saturated rings. The molecule has 1 aliphatic rings. The van der Waals surface area contributed by atoms with Crippen LogP contribution in [0.1, 0.15) is 17.5 Å². The van der Waals surface area contributed by atoms with Crippen LogP contribution in [0.3, 0.4) is 0 Å². The number of aromatic nitrogens is 1. The molecule has 0 amide bonds. The molecule has 1 saturated heterocycles. The van der Waals surface area contributed by atoms with Crippen LogP contribution in [-0.4, -0.2) is 34.2 Å². The number of aliphatic hydroxyl groups is 1. The summed E-state index contributed by atoms with van der Waals surface area (Å²) in [5, 5.41) is 11.8. The Morgan fingerprint density at radius 3 is 2.71 bits per heavy atom.